The monoisotopic (exact) mass is 410 g/mol. The maximum absolute atomic E-state index is 13.2. The molecule has 1 aromatic carbocycles. The van der Waals surface area contributed by atoms with Crippen LogP contribution in [0.5, 0.6) is 0 Å². The lowest BCUT2D eigenvalue weighted by Gasteiger charge is -2.33. The minimum atomic E-state index is -0.922. The van der Waals surface area contributed by atoms with Crippen molar-refractivity contribution in [3.05, 3.63) is 71.0 Å². The Hall–Kier alpha value is -3.52. The first kappa shape index (κ1) is 18.8. The molecular weight excluding hydrogens is 396 g/mol. The molecule has 0 spiro atoms. The first-order valence-electron chi connectivity index (χ1n) is 8.80. The Balaban J connectivity index is 1.82. The third-order valence-corrected chi connectivity index (χ3v) is 5.03. The van der Waals surface area contributed by atoms with Gasteiger partial charge in [-0.2, -0.15) is 0 Å². The van der Waals surface area contributed by atoms with Crippen molar-refractivity contribution in [1.82, 2.24) is 15.6 Å². The van der Waals surface area contributed by atoms with E-state index in [0.717, 1.165) is 4.90 Å². The second-order valence-electron chi connectivity index (χ2n) is 6.60. The zero-order chi connectivity index (χ0) is 20.5. The number of anilines is 1. The minimum Gasteiger partial charge on any atom is -0.337 e. The number of nitrogens with one attached hydrogen (secondary N) is 2. The van der Waals surface area contributed by atoms with Crippen LogP contribution in [0.15, 0.2) is 60.4 Å². The molecule has 1 aromatic heterocycles. The molecule has 2 aromatic rings. The Morgan fingerprint density at radius 1 is 1.10 bits per heavy atom. The largest absolute Gasteiger partial charge is 0.337 e. The third kappa shape index (κ3) is 3.50. The van der Waals surface area contributed by atoms with Gasteiger partial charge < -0.3 is 5.32 Å². The van der Waals surface area contributed by atoms with Crippen molar-refractivity contribution >= 4 is 41.0 Å². The van der Waals surface area contributed by atoms with Crippen molar-refractivity contribution in [3.8, 4) is 0 Å². The fourth-order valence-electron chi connectivity index (χ4n) is 3.41. The standard InChI is InChI=1S/C20H15ClN4O4/c21-12-4-1-3-11(7-12)14-8-15(16-10-23-20(29)24-17(16)26)19(28)25(18(14)27)13-5-2-6-22-9-13/h1-9,14,16H,10H2,(H2,23,24,26,29). The number of imide groups is 2. The normalized spacial score (nSPS) is 22.1. The van der Waals surface area contributed by atoms with Crippen molar-refractivity contribution in [2.45, 2.75) is 5.92 Å². The molecular formula is C20H15ClN4O4. The van der Waals surface area contributed by atoms with Gasteiger partial charge in [0.25, 0.3) is 5.91 Å². The molecule has 2 aliphatic rings. The third-order valence-electron chi connectivity index (χ3n) is 4.79. The van der Waals surface area contributed by atoms with Crippen molar-refractivity contribution in [2.24, 2.45) is 5.92 Å². The van der Waals surface area contributed by atoms with Gasteiger partial charge in [-0.15, -0.1) is 0 Å². The van der Waals surface area contributed by atoms with Gasteiger partial charge in [-0.3, -0.25) is 24.7 Å². The summed E-state index contributed by atoms with van der Waals surface area (Å²) in [6.45, 7) is -0.0421. The lowest BCUT2D eigenvalue weighted by molar-refractivity contribution is -0.129. The van der Waals surface area contributed by atoms with Crippen LogP contribution in [0.3, 0.4) is 0 Å². The molecule has 5 amide bonds. The summed E-state index contributed by atoms with van der Waals surface area (Å²) < 4.78 is 0. The van der Waals surface area contributed by atoms with Crippen molar-refractivity contribution in [3.63, 3.8) is 0 Å². The zero-order valence-corrected chi connectivity index (χ0v) is 15.7. The molecule has 2 atom stereocenters. The Kier molecular flexibility index (Phi) is 4.85. The summed E-state index contributed by atoms with van der Waals surface area (Å²) in [4.78, 5) is 55.2. The minimum absolute atomic E-state index is 0.0421. The van der Waals surface area contributed by atoms with Gasteiger partial charge in [-0.05, 0) is 29.8 Å². The molecule has 29 heavy (non-hydrogen) atoms. The van der Waals surface area contributed by atoms with E-state index in [-0.39, 0.29) is 12.1 Å². The van der Waals surface area contributed by atoms with E-state index in [4.69, 9.17) is 11.6 Å². The molecule has 4 rings (SSSR count). The molecule has 2 unspecified atom stereocenters. The van der Waals surface area contributed by atoms with Crippen LogP contribution in [0.1, 0.15) is 11.5 Å². The lowest BCUT2D eigenvalue weighted by atomic mass is 9.85. The molecule has 1 fully saturated rings. The number of nitrogens with zero attached hydrogens (tertiary/aromatic N) is 2. The van der Waals surface area contributed by atoms with Crippen LogP contribution < -0.4 is 15.5 Å². The summed E-state index contributed by atoms with van der Waals surface area (Å²) in [6.07, 6.45) is 4.40. The van der Waals surface area contributed by atoms with Crippen molar-refractivity contribution in [1.29, 1.82) is 0 Å². The fraction of sp³-hybridized carbons (Fsp3) is 0.150. The Morgan fingerprint density at radius 2 is 1.93 bits per heavy atom. The first-order chi connectivity index (χ1) is 14.0. The van der Waals surface area contributed by atoms with Crippen LogP contribution in [0.25, 0.3) is 0 Å². The molecule has 1 saturated heterocycles. The number of halogens is 1. The Morgan fingerprint density at radius 3 is 2.62 bits per heavy atom. The summed E-state index contributed by atoms with van der Waals surface area (Å²) in [5, 5.41) is 5.11. The zero-order valence-electron chi connectivity index (χ0n) is 15.0. The van der Waals surface area contributed by atoms with Gasteiger partial charge in [0.15, 0.2) is 0 Å². The van der Waals surface area contributed by atoms with E-state index >= 15 is 0 Å². The number of urea groups is 1. The molecule has 0 bridgehead atoms. The van der Waals surface area contributed by atoms with Gasteiger partial charge in [0.1, 0.15) is 0 Å². The van der Waals surface area contributed by atoms with Gasteiger partial charge >= 0.3 is 6.03 Å². The maximum atomic E-state index is 13.2. The molecule has 2 N–H and O–H groups in total. The summed E-state index contributed by atoms with van der Waals surface area (Å²) in [6, 6.07) is 9.32. The number of carbonyl (C=O) groups is 4. The van der Waals surface area contributed by atoms with Crippen molar-refractivity contribution < 1.29 is 19.2 Å². The van der Waals surface area contributed by atoms with E-state index in [0.29, 0.717) is 16.3 Å². The van der Waals surface area contributed by atoms with Crippen LogP contribution in [-0.4, -0.2) is 35.3 Å². The summed E-state index contributed by atoms with van der Waals surface area (Å²) in [7, 11) is 0. The molecule has 3 heterocycles. The molecule has 2 aliphatic heterocycles. The number of rotatable bonds is 3. The predicted octanol–water partition coefficient (Wildman–Crippen LogP) is 1.77. The summed E-state index contributed by atoms with van der Waals surface area (Å²) in [5.74, 6) is -3.45. The summed E-state index contributed by atoms with van der Waals surface area (Å²) in [5.41, 5.74) is 0.998. The molecule has 9 heteroatoms. The molecule has 0 saturated carbocycles. The van der Waals surface area contributed by atoms with E-state index in [1.165, 1.54) is 18.5 Å². The Labute approximate surface area is 170 Å². The topological polar surface area (TPSA) is 108 Å². The van der Waals surface area contributed by atoms with E-state index in [9.17, 15) is 19.2 Å². The molecule has 146 valence electrons. The van der Waals surface area contributed by atoms with E-state index < -0.39 is 35.6 Å². The van der Waals surface area contributed by atoms with Gasteiger partial charge in [-0.1, -0.05) is 29.8 Å². The highest BCUT2D eigenvalue weighted by molar-refractivity contribution is 6.31. The highest BCUT2D eigenvalue weighted by Gasteiger charge is 2.42. The van der Waals surface area contributed by atoms with Crippen LogP contribution in [0, 0.1) is 5.92 Å². The Bertz CT molecular complexity index is 1050. The first-order valence-corrected chi connectivity index (χ1v) is 9.17. The van der Waals surface area contributed by atoms with Crippen LogP contribution in [0.2, 0.25) is 5.02 Å². The second-order valence-corrected chi connectivity index (χ2v) is 7.03. The lowest BCUT2D eigenvalue weighted by Crippen LogP contribution is -2.55. The number of carbonyl (C=O) groups excluding carboxylic acids is 4. The van der Waals surface area contributed by atoms with Gasteiger partial charge in [0.05, 0.1) is 23.7 Å². The predicted molar refractivity (Wildman–Crippen MR) is 104 cm³/mol. The number of aromatic nitrogens is 1. The number of hydrogen-bond donors (Lipinski definition) is 2. The number of hydrogen-bond acceptors (Lipinski definition) is 5. The van der Waals surface area contributed by atoms with E-state index in [1.807, 2.05) is 0 Å². The summed E-state index contributed by atoms with van der Waals surface area (Å²) >= 11 is 6.08. The van der Waals surface area contributed by atoms with Crippen LogP contribution >= 0.6 is 11.6 Å². The molecule has 0 aliphatic carbocycles. The number of amides is 5. The van der Waals surface area contributed by atoms with Crippen molar-refractivity contribution in [2.75, 3.05) is 11.4 Å². The average molecular weight is 411 g/mol. The fourth-order valence-corrected chi connectivity index (χ4v) is 3.61. The maximum Gasteiger partial charge on any atom is 0.321 e. The molecule has 0 radical (unpaired) electrons. The van der Waals surface area contributed by atoms with Crippen LogP contribution in [0.4, 0.5) is 10.5 Å². The quantitative estimate of drug-likeness (QED) is 0.750. The van der Waals surface area contributed by atoms with Gasteiger partial charge in [0, 0.05) is 23.3 Å². The van der Waals surface area contributed by atoms with E-state index in [2.05, 4.69) is 15.6 Å². The highest BCUT2D eigenvalue weighted by Crippen LogP contribution is 2.34. The number of pyridine rings is 1. The highest BCUT2D eigenvalue weighted by atomic mass is 35.5. The second kappa shape index (κ2) is 7.48. The van der Waals surface area contributed by atoms with Gasteiger partial charge in [-0.25, -0.2) is 9.69 Å². The SMILES string of the molecule is O=C1NCC(C2=CC(c3cccc(Cl)c3)C(=O)N(c3cccnc3)C2=O)C(=O)N1. The van der Waals surface area contributed by atoms with E-state index in [1.54, 1.807) is 36.4 Å². The average Bonchev–Trinajstić information content (AvgIpc) is 2.70. The smallest absolute Gasteiger partial charge is 0.321 e. The molecule has 8 nitrogen and oxygen atoms in total. The van der Waals surface area contributed by atoms with Gasteiger partial charge in [0.2, 0.25) is 11.8 Å². The number of benzene rings is 1. The van der Waals surface area contributed by atoms with Crippen LogP contribution in [-0.2, 0) is 14.4 Å².